The molecule has 1 rings (SSSR count). The minimum absolute atomic E-state index is 0.0455. The SMILES string of the molecule is CC[C@H](C)NCC(=O)N1CCC[C@H]1B(O)O. The van der Waals surface area contributed by atoms with Gasteiger partial charge in [-0.2, -0.15) is 0 Å². The average Bonchev–Trinajstić information content (AvgIpc) is 2.74. The fourth-order valence-electron chi connectivity index (χ4n) is 1.92. The molecule has 2 atom stereocenters. The lowest BCUT2D eigenvalue weighted by molar-refractivity contribution is -0.130. The number of likely N-dealkylation sites (tertiary alicyclic amines) is 1. The van der Waals surface area contributed by atoms with Crippen molar-refractivity contribution in [3.8, 4) is 0 Å². The van der Waals surface area contributed by atoms with E-state index in [9.17, 15) is 4.79 Å². The average molecular weight is 228 g/mol. The maximum absolute atomic E-state index is 11.8. The van der Waals surface area contributed by atoms with Crippen molar-refractivity contribution >= 4 is 13.0 Å². The van der Waals surface area contributed by atoms with E-state index in [-0.39, 0.29) is 12.5 Å². The van der Waals surface area contributed by atoms with Crippen molar-refractivity contribution in [2.45, 2.75) is 45.1 Å². The number of hydrogen-bond acceptors (Lipinski definition) is 4. The molecular formula is C10H21BN2O3. The van der Waals surface area contributed by atoms with Gasteiger partial charge in [0.25, 0.3) is 0 Å². The van der Waals surface area contributed by atoms with Gasteiger partial charge in [-0.1, -0.05) is 6.92 Å². The first kappa shape index (κ1) is 13.5. The highest BCUT2D eigenvalue weighted by atomic mass is 16.4. The van der Waals surface area contributed by atoms with E-state index < -0.39 is 13.1 Å². The van der Waals surface area contributed by atoms with E-state index in [0.717, 1.165) is 12.8 Å². The molecule has 1 aliphatic rings. The molecule has 0 aromatic carbocycles. The second kappa shape index (κ2) is 6.22. The number of carbonyl (C=O) groups is 1. The molecule has 0 radical (unpaired) electrons. The van der Waals surface area contributed by atoms with Crippen LogP contribution in [0.2, 0.25) is 0 Å². The zero-order valence-corrected chi connectivity index (χ0v) is 10.0. The maximum Gasteiger partial charge on any atom is 0.475 e. The fraction of sp³-hybridized carbons (Fsp3) is 0.900. The Morgan fingerprint density at radius 2 is 2.31 bits per heavy atom. The Kier molecular flexibility index (Phi) is 5.24. The van der Waals surface area contributed by atoms with E-state index >= 15 is 0 Å². The highest BCUT2D eigenvalue weighted by molar-refractivity contribution is 6.43. The summed E-state index contributed by atoms with van der Waals surface area (Å²) < 4.78 is 0. The van der Waals surface area contributed by atoms with Crippen LogP contribution in [-0.4, -0.2) is 53.0 Å². The molecule has 0 aliphatic carbocycles. The summed E-state index contributed by atoms with van der Waals surface area (Å²) in [5.74, 6) is -0.470. The van der Waals surface area contributed by atoms with E-state index in [4.69, 9.17) is 10.0 Å². The van der Waals surface area contributed by atoms with Gasteiger partial charge in [0.05, 0.1) is 12.5 Å². The Balaban J connectivity index is 2.41. The van der Waals surface area contributed by atoms with E-state index in [1.807, 2.05) is 6.92 Å². The molecule has 0 spiro atoms. The largest absolute Gasteiger partial charge is 0.475 e. The minimum atomic E-state index is -1.42. The molecule has 0 aromatic rings. The van der Waals surface area contributed by atoms with Gasteiger partial charge in [0.15, 0.2) is 0 Å². The van der Waals surface area contributed by atoms with Crippen LogP contribution in [0.15, 0.2) is 0 Å². The first-order valence-electron chi connectivity index (χ1n) is 5.95. The summed E-state index contributed by atoms with van der Waals surface area (Å²) in [5, 5.41) is 21.4. The summed E-state index contributed by atoms with van der Waals surface area (Å²) in [7, 11) is -1.42. The molecule has 1 fully saturated rings. The lowest BCUT2D eigenvalue weighted by Crippen LogP contribution is -2.49. The van der Waals surface area contributed by atoms with Gasteiger partial charge in [-0.15, -0.1) is 0 Å². The highest BCUT2D eigenvalue weighted by Gasteiger charge is 2.36. The first-order chi connectivity index (χ1) is 7.56. The van der Waals surface area contributed by atoms with Crippen LogP contribution in [-0.2, 0) is 4.79 Å². The van der Waals surface area contributed by atoms with E-state index in [1.165, 1.54) is 0 Å². The van der Waals surface area contributed by atoms with Crippen LogP contribution in [0.5, 0.6) is 0 Å². The number of nitrogens with one attached hydrogen (secondary N) is 1. The molecule has 1 amide bonds. The van der Waals surface area contributed by atoms with Gasteiger partial charge in [0.1, 0.15) is 0 Å². The number of rotatable bonds is 5. The smallest absolute Gasteiger partial charge is 0.426 e. The summed E-state index contributed by atoms with van der Waals surface area (Å²) in [5.41, 5.74) is 0. The van der Waals surface area contributed by atoms with E-state index in [1.54, 1.807) is 4.90 Å². The van der Waals surface area contributed by atoms with Crippen molar-refractivity contribution < 1.29 is 14.8 Å². The molecule has 1 aliphatic heterocycles. The molecule has 1 saturated heterocycles. The molecule has 6 heteroatoms. The first-order valence-corrected chi connectivity index (χ1v) is 5.95. The van der Waals surface area contributed by atoms with Crippen molar-refractivity contribution in [1.82, 2.24) is 10.2 Å². The third-order valence-electron chi connectivity index (χ3n) is 3.18. The molecule has 1 heterocycles. The van der Waals surface area contributed by atoms with Crippen molar-refractivity contribution in [2.75, 3.05) is 13.1 Å². The summed E-state index contributed by atoms with van der Waals surface area (Å²) in [6.07, 6.45) is 2.49. The maximum atomic E-state index is 11.8. The van der Waals surface area contributed by atoms with Gasteiger partial charge < -0.3 is 20.3 Å². The quantitative estimate of drug-likeness (QED) is 0.548. The summed E-state index contributed by atoms with van der Waals surface area (Å²) >= 11 is 0. The summed E-state index contributed by atoms with van der Waals surface area (Å²) in [6.45, 7) is 4.98. The monoisotopic (exact) mass is 228 g/mol. The third kappa shape index (κ3) is 3.47. The van der Waals surface area contributed by atoms with Crippen molar-refractivity contribution in [2.24, 2.45) is 0 Å². The van der Waals surface area contributed by atoms with Crippen molar-refractivity contribution in [3.05, 3.63) is 0 Å². The zero-order chi connectivity index (χ0) is 12.1. The normalized spacial score (nSPS) is 22.2. The lowest BCUT2D eigenvalue weighted by Gasteiger charge is -2.24. The van der Waals surface area contributed by atoms with Crippen LogP contribution >= 0.6 is 0 Å². The van der Waals surface area contributed by atoms with Crippen molar-refractivity contribution in [1.29, 1.82) is 0 Å². The van der Waals surface area contributed by atoms with Gasteiger partial charge in [-0.3, -0.25) is 4.79 Å². The number of carbonyl (C=O) groups excluding carboxylic acids is 1. The number of nitrogens with zero attached hydrogens (tertiary/aromatic N) is 1. The molecule has 0 saturated carbocycles. The van der Waals surface area contributed by atoms with E-state index in [0.29, 0.717) is 19.0 Å². The van der Waals surface area contributed by atoms with Crippen LogP contribution in [0.1, 0.15) is 33.1 Å². The Morgan fingerprint density at radius 3 is 2.88 bits per heavy atom. The molecule has 0 bridgehead atoms. The predicted molar refractivity (Wildman–Crippen MR) is 62.7 cm³/mol. The van der Waals surface area contributed by atoms with Gasteiger partial charge >= 0.3 is 7.12 Å². The molecule has 5 nitrogen and oxygen atoms in total. The second-order valence-electron chi connectivity index (χ2n) is 4.40. The fourth-order valence-corrected chi connectivity index (χ4v) is 1.92. The molecule has 92 valence electrons. The van der Waals surface area contributed by atoms with E-state index in [2.05, 4.69) is 12.2 Å². The Morgan fingerprint density at radius 1 is 1.62 bits per heavy atom. The second-order valence-corrected chi connectivity index (χ2v) is 4.40. The molecule has 3 N–H and O–H groups in total. The Labute approximate surface area is 97.0 Å². The molecule has 0 aromatic heterocycles. The Hall–Kier alpha value is -0.585. The van der Waals surface area contributed by atoms with Crippen LogP contribution in [0.4, 0.5) is 0 Å². The number of amides is 1. The predicted octanol–water partition coefficient (Wildman–Crippen LogP) is -0.622. The zero-order valence-electron chi connectivity index (χ0n) is 10.0. The lowest BCUT2D eigenvalue weighted by atomic mass is 9.78. The van der Waals surface area contributed by atoms with Gasteiger partial charge in [-0.05, 0) is 26.2 Å². The van der Waals surface area contributed by atoms with Crippen LogP contribution < -0.4 is 5.32 Å². The Bertz CT molecular complexity index is 238. The standard InChI is InChI=1S/C10H21BN2O3/c1-3-8(2)12-7-10(14)13-6-4-5-9(13)11(15)16/h8-9,12,15-16H,3-7H2,1-2H3/t8-,9-/m0/s1. The van der Waals surface area contributed by atoms with Crippen molar-refractivity contribution in [3.63, 3.8) is 0 Å². The van der Waals surface area contributed by atoms with Crippen LogP contribution in [0.25, 0.3) is 0 Å². The van der Waals surface area contributed by atoms with Gasteiger partial charge in [0, 0.05) is 12.6 Å². The van der Waals surface area contributed by atoms with Gasteiger partial charge in [-0.25, -0.2) is 0 Å². The molecule has 0 unspecified atom stereocenters. The topological polar surface area (TPSA) is 72.8 Å². The summed E-state index contributed by atoms with van der Waals surface area (Å²) in [4.78, 5) is 13.4. The minimum Gasteiger partial charge on any atom is -0.426 e. The highest BCUT2D eigenvalue weighted by Crippen LogP contribution is 2.17. The number of hydrogen-bond donors (Lipinski definition) is 3. The van der Waals surface area contributed by atoms with Gasteiger partial charge in [0.2, 0.25) is 5.91 Å². The third-order valence-corrected chi connectivity index (χ3v) is 3.18. The summed E-state index contributed by atoms with van der Waals surface area (Å²) in [6, 6.07) is 0.309. The molecule has 16 heavy (non-hydrogen) atoms. The van der Waals surface area contributed by atoms with Crippen LogP contribution in [0.3, 0.4) is 0 Å². The molecular weight excluding hydrogens is 207 g/mol. The van der Waals surface area contributed by atoms with Crippen LogP contribution in [0, 0.1) is 0 Å².